The minimum Gasteiger partial charge on any atom is -0.496 e. The van der Waals surface area contributed by atoms with E-state index < -0.39 is 34.3 Å². The van der Waals surface area contributed by atoms with Crippen molar-refractivity contribution in [2.24, 2.45) is 0 Å². The summed E-state index contributed by atoms with van der Waals surface area (Å²) in [6.45, 7) is 7.29. The number of carbonyl (C=O) groups excluding carboxylic acids is 1. The van der Waals surface area contributed by atoms with Crippen molar-refractivity contribution in [3.05, 3.63) is 89.2 Å². The van der Waals surface area contributed by atoms with Gasteiger partial charge in [-0.3, -0.25) is 9.10 Å². The molecular weight excluding hydrogens is 467 g/mol. The molecule has 0 unspecified atom stereocenters. The molecule has 0 aromatic heterocycles. The number of benzene rings is 3. The van der Waals surface area contributed by atoms with E-state index >= 15 is 0 Å². The lowest BCUT2D eigenvalue weighted by Crippen LogP contribution is -2.42. The van der Waals surface area contributed by atoms with Gasteiger partial charge in [0, 0.05) is 0 Å². The van der Waals surface area contributed by atoms with Crippen LogP contribution in [0.2, 0.25) is 0 Å². The molecule has 3 aromatic rings. The summed E-state index contributed by atoms with van der Waals surface area (Å²) in [5.41, 5.74) is 2.64. The van der Waals surface area contributed by atoms with Crippen molar-refractivity contribution >= 4 is 21.6 Å². The Balaban J connectivity index is 1.92. The number of rotatable bonds is 9. The molecule has 8 heteroatoms. The number of para-hydroxylation sites is 1. The molecule has 3 rings (SSSR count). The Labute approximate surface area is 206 Å². The van der Waals surface area contributed by atoms with E-state index in [1.807, 2.05) is 26.0 Å². The second-order valence-electron chi connectivity index (χ2n) is 8.67. The van der Waals surface area contributed by atoms with Crippen LogP contribution < -0.4 is 14.4 Å². The average molecular weight is 499 g/mol. The van der Waals surface area contributed by atoms with Gasteiger partial charge in [0.1, 0.15) is 18.1 Å². The van der Waals surface area contributed by atoms with Crippen LogP contribution in [-0.2, 0) is 14.8 Å². The number of methoxy groups -OCH3 is 1. The number of hydrogen-bond acceptors (Lipinski definition) is 4. The van der Waals surface area contributed by atoms with Gasteiger partial charge in [-0.25, -0.2) is 12.8 Å². The molecule has 3 aromatic carbocycles. The highest BCUT2D eigenvalue weighted by molar-refractivity contribution is 7.92. The Morgan fingerprint density at radius 3 is 2.23 bits per heavy atom. The van der Waals surface area contributed by atoms with Crippen molar-refractivity contribution in [3.63, 3.8) is 0 Å². The van der Waals surface area contributed by atoms with E-state index in [2.05, 4.69) is 19.2 Å². The number of nitrogens with zero attached hydrogens (tertiary/aromatic N) is 1. The van der Waals surface area contributed by atoms with E-state index in [1.54, 1.807) is 25.3 Å². The molecule has 0 fully saturated rings. The monoisotopic (exact) mass is 498 g/mol. The molecule has 0 aliphatic carbocycles. The molecule has 0 saturated carbocycles. The van der Waals surface area contributed by atoms with E-state index in [9.17, 15) is 17.6 Å². The second-order valence-corrected chi connectivity index (χ2v) is 10.5. The number of nitrogens with one attached hydrogen (secondary N) is 1. The van der Waals surface area contributed by atoms with Crippen molar-refractivity contribution in [1.82, 2.24) is 5.32 Å². The maximum atomic E-state index is 14.7. The quantitative estimate of drug-likeness (QED) is 0.432. The van der Waals surface area contributed by atoms with E-state index in [0.29, 0.717) is 0 Å². The van der Waals surface area contributed by atoms with Gasteiger partial charge in [0.25, 0.3) is 10.0 Å². The van der Waals surface area contributed by atoms with E-state index in [4.69, 9.17) is 4.74 Å². The van der Waals surface area contributed by atoms with Crippen molar-refractivity contribution in [2.75, 3.05) is 18.0 Å². The molecule has 186 valence electrons. The van der Waals surface area contributed by atoms with Gasteiger partial charge in [-0.2, -0.15) is 0 Å². The molecule has 0 radical (unpaired) electrons. The third-order valence-electron chi connectivity index (χ3n) is 5.82. The van der Waals surface area contributed by atoms with Crippen LogP contribution in [0.4, 0.5) is 10.1 Å². The van der Waals surface area contributed by atoms with Gasteiger partial charge in [-0.1, -0.05) is 44.2 Å². The molecule has 1 atom stereocenters. The third kappa shape index (κ3) is 5.82. The van der Waals surface area contributed by atoms with Gasteiger partial charge < -0.3 is 10.1 Å². The van der Waals surface area contributed by atoms with Gasteiger partial charge in [0.05, 0.1) is 23.7 Å². The van der Waals surface area contributed by atoms with Crippen LogP contribution in [0.25, 0.3) is 0 Å². The van der Waals surface area contributed by atoms with Crippen LogP contribution >= 0.6 is 0 Å². The van der Waals surface area contributed by atoms with E-state index in [0.717, 1.165) is 32.8 Å². The first kappa shape index (κ1) is 26.2. The summed E-state index contributed by atoms with van der Waals surface area (Å²) in [6, 6.07) is 16.7. The van der Waals surface area contributed by atoms with Gasteiger partial charge >= 0.3 is 0 Å². The first-order chi connectivity index (χ1) is 16.6. The predicted octanol–water partition coefficient (Wildman–Crippen LogP) is 5.34. The van der Waals surface area contributed by atoms with Crippen LogP contribution in [0.15, 0.2) is 71.6 Å². The fraction of sp³-hybridized carbons (Fsp3) is 0.296. The largest absolute Gasteiger partial charge is 0.496 e. The van der Waals surface area contributed by atoms with Crippen LogP contribution in [0.3, 0.4) is 0 Å². The number of ether oxygens (including phenoxy) is 1. The fourth-order valence-corrected chi connectivity index (χ4v) is 5.43. The highest BCUT2D eigenvalue weighted by Crippen LogP contribution is 2.32. The topological polar surface area (TPSA) is 75.7 Å². The van der Waals surface area contributed by atoms with Crippen LogP contribution in [-0.4, -0.2) is 28.0 Å². The van der Waals surface area contributed by atoms with Crippen molar-refractivity contribution in [2.45, 2.75) is 44.6 Å². The van der Waals surface area contributed by atoms with Crippen LogP contribution in [0.1, 0.15) is 49.4 Å². The molecule has 0 aliphatic rings. The summed E-state index contributed by atoms with van der Waals surface area (Å²) >= 11 is 0. The molecule has 1 N–H and O–H groups in total. The standard InChI is InChI=1S/C27H31FN2O4S/c1-18(2)22-16-23(19(3)15-26(22)34-5)20(4)29-27(31)17-30(25-14-10-9-13-24(25)28)35(32,33)21-11-7-6-8-12-21/h6-16,18,20H,17H2,1-5H3,(H,29,31)/t20-/m0/s1. The maximum Gasteiger partial charge on any atom is 0.264 e. The van der Waals surface area contributed by atoms with Gasteiger partial charge in [-0.15, -0.1) is 0 Å². The normalized spacial score (nSPS) is 12.3. The lowest BCUT2D eigenvalue weighted by atomic mass is 9.93. The molecule has 0 saturated heterocycles. The Kier molecular flexibility index (Phi) is 8.17. The number of halogens is 1. The molecule has 6 nitrogen and oxygen atoms in total. The van der Waals surface area contributed by atoms with Gasteiger partial charge in [0.2, 0.25) is 5.91 Å². The molecule has 35 heavy (non-hydrogen) atoms. The Morgan fingerprint density at radius 2 is 1.63 bits per heavy atom. The molecule has 0 heterocycles. The number of sulfonamides is 1. The minimum absolute atomic E-state index is 0.0309. The van der Waals surface area contributed by atoms with Gasteiger partial charge in [0.15, 0.2) is 0 Å². The Bertz CT molecular complexity index is 1290. The average Bonchev–Trinajstić information content (AvgIpc) is 2.83. The SMILES string of the molecule is COc1cc(C)c([C@H](C)NC(=O)CN(c2ccccc2F)S(=O)(=O)c2ccccc2)cc1C(C)C. The molecule has 0 aliphatic heterocycles. The van der Waals surface area contributed by atoms with Crippen molar-refractivity contribution in [3.8, 4) is 5.75 Å². The fourth-order valence-electron chi connectivity index (χ4n) is 3.98. The molecular formula is C27H31FN2O4S. The summed E-state index contributed by atoms with van der Waals surface area (Å²) in [5.74, 6) is -0.304. The van der Waals surface area contributed by atoms with E-state index in [-0.39, 0.29) is 16.5 Å². The maximum absolute atomic E-state index is 14.7. The lowest BCUT2D eigenvalue weighted by Gasteiger charge is -2.26. The number of hydrogen-bond donors (Lipinski definition) is 1. The number of carbonyl (C=O) groups is 1. The smallest absolute Gasteiger partial charge is 0.264 e. The number of amides is 1. The lowest BCUT2D eigenvalue weighted by molar-refractivity contribution is -0.120. The highest BCUT2D eigenvalue weighted by atomic mass is 32.2. The third-order valence-corrected chi connectivity index (χ3v) is 7.60. The number of aryl methyl sites for hydroxylation is 1. The first-order valence-corrected chi connectivity index (χ1v) is 12.8. The summed E-state index contributed by atoms with van der Waals surface area (Å²) in [7, 11) is -2.57. The van der Waals surface area contributed by atoms with Crippen LogP contribution in [0.5, 0.6) is 5.75 Å². The predicted molar refractivity (Wildman–Crippen MR) is 136 cm³/mol. The molecule has 0 bridgehead atoms. The van der Waals surface area contributed by atoms with E-state index in [1.165, 1.54) is 30.3 Å². The minimum atomic E-state index is -4.19. The Morgan fingerprint density at radius 1 is 1.00 bits per heavy atom. The van der Waals surface area contributed by atoms with Crippen molar-refractivity contribution in [1.29, 1.82) is 0 Å². The second kappa shape index (κ2) is 10.9. The highest BCUT2D eigenvalue weighted by Gasteiger charge is 2.29. The zero-order valence-corrected chi connectivity index (χ0v) is 21.4. The Hall–Kier alpha value is -3.39. The zero-order valence-electron chi connectivity index (χ0n) is 20.6. The van der Waals surface area contributed by atoms with Crippen LogP contribution in [0, 0.1) is 12.7 Å². The summed E-state index contributed by atoms with van der Waals surface area (Å²) < 4.78 is 47.7. The summed E-state index contributed by atoms with van der Waals surface area (Å²) in [5, 5.41) is 2.88. The van der Waals surface area contributed by atoms with Crippen molar-refractivity contribution < 1.29 is 22.3 Å². The summed E-state index contributed by atoms with van der Waals surface area (Å²) in [6.07, 6.45) is 0. The molecule has 1 amide bonds. The van der Waals surface area contributed by atoms with Gasteiger partial charge in [-0.05, 0) is 72.9 Å². The first-order valence-electron chi connectivity index (χ1n) is 11.4. The zero-order chi connectivity index (χ0) is 25.8. The summed E-state index contributed by atoms with van der Waals surface area (Å²) in [4.78, 5) is 13.1. The number of anilines is 1. The molecule has 0 spiro atoms.